The zero-order valence-corrected chi connectivity index (χ0v) is 19.8. The molecule has 0 amide bonds. The molecular formula is C32H26O4. The van der Waals surface area contributed by atoms with Gasteiger partial charge in [-0.3, -0.25) is 4.79 Å². The van der Waals surface area contributed by atoms with Crippen LogP contribution in [0.3, 0.4) is 0 Å². The number of carbonyl (C=O) groups excluding carboxylic acids is 2. The summed E-state index contributed by atoms with van der Waals surface area (Å²) in [5.41, 5.74) is -0.512. The maximum absolute atomic E-state index is 14.4. The molecule has 3 atom stereocenters. The number of rotatable bonds is 8. The van der Waals surface area contributed by atoms with Crippen LogP contribution in [0.25, 0.3) is 0 Å². The van der Waals surface area contributed by atoms with Gasteiger partial charge in [-0.05, 0) is 16.7 Å². The first kappa shape index (κ1) is 22.4. The van der Waals surface area contributed by atoms with Crippen LogP contribution in [0.5, 0.6) is 0 Å². The van der Waals surface area contributed by atoms with E-state index in [2.05, 4.69) is 0 Å². The highest BCUT2D eigenvalue weighted by molar-refractivity contribution is 6.09. The van der Waals surface area contributed by atoms with E-state index in [1.165, 1.54) is 0 Å². The maximum atomic E-state index is 14.4. The molecule has 0 bridgehead atoms. The number of benzene rings is 4. The van der Waals surface area contributed by atoms with Crippen molar-refractivity contribution in [3.8, 4) is 0 Å². The van der Waals surface area contributed by atoms with Crippen LogP contribution >= 0.6 is 0 Å². The van der Waals surface area contributed by atoms with E-state index in [1.807, 2.05) is 109 Å². The first-order chi connectivity index (χ1) is 17.6. The van der Waals surface area contributed by atoms with Crippen molar-refractivity contribution in [2.45, 2.75) is 36.1 Å². The fraction of sp³-hybridized carbons (Fsp3) is 0.188. The number of esters is 1. The molecular weight excluding hydrogens is 448 g/mol. The number of ketones is 1. The van der Waals surface area contributed by atoms with E-state index in [4.69, 9.17) is 9.47 Å². The first-order valence-electron chi connectivity index (χ1n) is 12.2. The monoisotopic (exact) mass is 474 g/mol. The van der Waals surface area contributed by atoms with Crippen LogP contribution in [-0.2, 0) is 33.5 Å². The summed E-state index contributed by atoms with van der Waals surface area (Å²) in [5.74, 6) is -0.703. The molecule has 0 N–H and O–H groups in total. The molecule has 0 radical (unpaired) electrons. The molecule has 2 aliphatic heterocycles. The molecule has 0 saturated carbocycles. The smallest absolute Gasteiger partial charge is 0.343 e. The van der Waals surface area contributed by atoms with E-state index in [9.17, 15) is 9.59 Å². The molecule has 0 spiro atoms. The number of carbonyl (C=O) groups is 2. The van der Waals surface area contributed by atoms with Crippen LogP contribution in [0.15, 0.2) is 121 Å². The van der Waals surface area contributed by atoms with E-state index in [1.54, 1.807) is 12.1 Å². The number of fused-ring (bicyclic) bond motifs is 1. The van der Waals surface area contributed by atoms with Gasteiger partial charge in [0.25, 0.3) is 0 Å². The molecule has 4 aromatic carbocycles. The molecule has 36 heavy (non-hydrogen) atoms. The normalized spacial score (nSPS) is 26.2. The molecule has 0 aromatic heterocycles. The molecule has 0 unspecified atom stereocenters. The summed E-state index contributed by atoms with van der Waals surface area (Å²) >= 11 is 0. The zero-order chi connectivity index (χ0) is 24.6. The van der Waals surface area contributed by atoms with Gasteiger partial charge in [0.05, 0.1) is 0 Å². The van der Waals surface area contributed by atoms with Gasteiger partial charge in [0.1, 0.15) is 0 Å². The Morgan fingerprint density at radius 3 is 1.56 bits per heavy atom. The van der Waals surface area contributed by atoms with Gasteiger partial charge >= 0.3 is 5.97 Å². The van der Waals surface area contributed by atoms with Crippen molar-refractivity contribution >= 4 is 11.8 Å². The maximum Gasteiger partial charge on any atom is 0.343 e. The standard InChI is InChI=1S/C32H26O4/c33-28(27-19-11-4-12-20-27)30(21-24-13-5-1-6-14-24)32(23-26-17-9-3-10-18-26)31(36-32,29(34)35-30)22-25-15-7-2-8-16-25/h1-20H,21-23H2/t30-,31-,32+/m1/s1. The van der Waals surface area contributed by atoms with Crippen molar-refractivity contribution in [1.82, 2.24) is 0 Å². The summed E-state index contributed by atoms with van der Waals surface area (Å²) < 4.78 is 12.9. The van der Waals surface area contributed by atoms with Crippen LogP contribution < -0.4 is 0 Å². The zero-order valence-electron chi connectivity index (χ0n) is 19.8. The molecule has 2 heterocycles. The van der Waals surface area contributed by atoms with Crippen LogP contribution in [0, 0.1) is 0 Å². The number of epoxide rings is 1. The lowest BCUT2D eigenvalue weighted by Crippen LogP contribution is -2.55. The van der Waals surface area contributed by atoms with Crippen LogP contribution in [-0.4, -0.2) is 28.6 Å². The highest BCUT2D eigenvalue weighted by Crippen LogP contribution is 2.66. The van der Waals surface area contributed by atoms with Gasteiger partial charge in [-0.1, -0.05) is 121 Å². The third-order valence-electron chi connectivity index (χ3n) is 7.50. The average molecular weight is 475 g/mol. The molecule has 4 nitrogen and oxygen atoms in total. The lowest BCUT2D eigenvalue weighted by atomic mass is 9.69. The third kappa shape index (κ3) is 3.41. The summed E-state index contributed by atoms with van der Waals surface area (Å²) in [6, 6.07) is 38.5. The van der Waals surface area contributed by atoms with E-state index in [0.29, 0.717) is 18.4 Å². The lowest BCUT2D eigenvalue weighted by Gasteiger charge is -2.34. The van der Waals surface area contributed by atoms with Crippen molar-refractivity contribution in [2.24, 2.45) is 0 Å². The summed E-state index contributed by atoms with van der Waals surface area (Å²) in [5, 5.41) is 0. The molecule has 2 saturated heterocycles. The average Bonchev–Trinajstić information content (AvgIpc) is 3.53. The second-order valence-corrected chi connectivity index (χ2v) is 9.65. The van der Waals surface area contributed by atoms with Gasteiger partial charge in [-0.25, -0.2) is 4.79 Å². The van der Waals surface area contributed by atoms with Crippen LogP contribution in [0.4, 0.5) is 0 Å². The lowest BCUT2D eigenvalue weighted by molar-refractivity contribution is -0.162. The number of Topliss-reactive ketones (excluding diaryl/α,β-unsaturated/α-hetero) is 1. The van der Waals surface area contributed by atoms with Crippen molar-refractivity contribution in [3.05, 3.63) is 144 Å². The highest BCUT2D eigenvalue weighted by atomic mass is 16.7. The second-order valence-electron chi connectivity index (χ2n) is 9.65. The molecule has 4 heteroatoms. The van der Waals surface area contributed by atoms with E-state index in [0.717, 1.165) is 16.7 Å². The molecule has 178 valence electrons. The Hall–Kier alpha value is -4.02. The molecule has 2 aliphatic rings. The van der Waals surface area contributed by atoms with E-state index in [-0.39, 0.29) is 12.2 Å². The van der Waals surface area contributed by atoms with Gasteiger partial charge < -0.3 is 9.47 Å². The van der Waals surface area contributed by atoms with E-state index >= 15 is 0 Å². The summed E-state index contributed by atoms with van der Waals surface area (Å²) in [6.45, 7) is 0. The predicted octanol–water partition coefficient (Wildman–Crippen LogP) is 5.40. The quantitative estimate of drug-likeness (QED) is 0.195. The Morgan fingerprint density at radius 1 is 0.583 bits per heavy atom. The SMILES string of the molecule is O=C1O[C@](Cc2ccccc2)(C(=O)c2ccccc2)[C@]2(Cc3ccccc3)O[C@]12Cc1ccccc1. The van der Waals surface area contributed by atoms with Crippen molar-refractivity contribution in [1.29, 1.82) is 0 Å². The number of hydrogen-bond donors (Lipinski definition) is 0. The van der Waals surface area contributed by atoms with Crippen LogP contribution in [0.1, 0.15) is 27.0 Å². The fourth-order valence-corrected chi connectivity index (χ4v) is 5.74. The predicted molar refractivity (Wildman–Crippen MR) is 137 cm³/mol. The number of cyclic esters (lactones) is 1. The van der Waals surface area contributed by atoms with Gasteiger partial charge in [0.2, 0.25) is 17.0 Å². The number of ether oxygens (including phenoxy) is 2. The van der Waals surface area contributed by atoms with Crippen molar-refractivity contribution < 1.29 is 19.1 Å². The largest absolute Gasteiger partial charge is 0.445 e. The minimum Gasteiger partial charge on any atom is -0.445 e. The molecule has 2 fully saturated rings. The fourth-order valence-electron chi connectivity index (χ4n) is 5.74. The van der Waals surface area contributed by atoms with Gasteiger partial charge in [0.15, 0.2) is 5.60 Å². The highest BCUT2D eigenvalue weighted by Gasteiger charge is 2.90. The van der Waals surface area contributed by atoms with Crippen molar-refractivity contribution in [2.75, 3.05) is 0 Å². The number of hydrogen-bond acceptors (Lipinski definition) is 4. The van der Waals surface area contributed by atoms with E-state index < -0.39 is 22.8 Å². The minimum atomic E-state index is -1.50. The summed E-state index contributed by atoms with van der Waals surface area (Å²) in [7, 11) is 0. The van der Waals surface area contributed by atoms with Crippen LogP contribution in [0.2, 0.25) is 0 Å². The van der Waals surface area contributed by atoms with Gasteiger partial charge in [0, 0.05) is 24.8 Å². The second kappa shape index (κ2) is 8.58. The third-order valence-corrected chi connectivity index (χ3v) is 7.50. The molecule has 6 rings (SSSR count). The Balaban J connectivity index is 1.53. The van der Waals surface area contributed by atoms with Gasteiger partial charge in [-0.2, -0.15) is 0 Å². The Labute approximate surface area is 210 Å². The topological polar surface area (TPSA) is 55.9 Å². The van der Waals surface area contributed by atoms with Gasteiger partial charge in [-0.15, -0.1) is 0 Å². The Morgan fingerprint density at radius 2 is 1.03 bits per heavy atom. The Bertz CT molecular complexity index is 1390. The molecule has 0 aliphatic carbocycles. The van der Waals surface area contributed by atoms with Crippen molar-refractivity contribution in [3.63, 3.8) is 0 Å². The minimum absolute atomic E-state index is 0.233. The molecule has 4 aromatic rings. The summed E-state index contributed by atoms with van der Waals surface area (Å²) in [4.78, 5) is 28.2. The summed E-state index contributed by atoms with van der Waals surface area (Å²) in [6.07, 6.45) is 0.965. The first-order valence-corrected chi connectivity index (χ1v) is 12.2. The Kier molecular flexibility index (Phi) is 5.35.